The van der Waals surface area contributed by atoms with Crippen LogP contribution in [0, 0.1) is 36.8 Å². The third kappa shape index (κ3) is 3.47. The van der Waals surface area contributed by atoms with E-state index in [1.807, 2.05) is 12.1 Å². The summed E-state index contributed by atoms with van der Waals surface area (Å²) in [4.78, 5) is 3.84. The van der Waals surface area contributed by atoms with E-state index >= 15 is 0 Å². The minimum absolute atomic E-state index is 0.211. The van der Waals surface area contributed by atoms with E-state index in [1.54, 1.807) is 43.3 Å². The number of hydrogen-bond donors (Lipinski definition) is 0. The molecule has 0 N–H and O–H groups in total. The number of aryl methyl sites for hydroxylation is 1. The van der Waals surface area contributed by atoms with Crippen LogP contribution in [-0.2, 0) is 0 Å². The Morgan fingerprint density at radius 1 is 0.923 bits per heavy atom. The molecule has 0 amide bonds. The van der Waals surface area contributed by atoms with Crippen molar-refractivity contribution in [2.24, 2.45) is 0 Å². The van der Waals surface area contributed by atoms with Gasteiger partial charge in [-0.25, -0.2) is 8.78 Å². The van der Waals surface area contributed by atoms with E-state index in [4.69, 9.17) is 14.7 Å². The minimum atomic E-state index is -0.929. The minimum Gasteiger partial charge on any atom is -0.436 e. The summed E-state index contributed by atoms with van der Waals surface area (Å²) in [7, 11) is 0. The van der Waals surface area contributed by atoms with E-state index < -0.39 is 17.5 Å². The molecule has 0 aliphatic carbocycles. The highest BCUT2D eigenvalue weighted by Crippen LogP contribution is 2.33. The van der Waals surface area contributed by atoms with Crippen molar-refractivity contribution in [3.8, 4) is 29.3 Å². The van der Waals surface area contributed by atoms with E-state index in [9.17, 15) is 8.78 Å². The number of benzene rings is 2. The fourth-order valence-corrected chi connectivity index (χ4v) is 2.26. The van der Waals surface area contributed by atoms with Gasteiger partial charge in [-0.2, -0.15) is 10.2 Å². The average Bonchev–Trinajstić information content (AvgIpc) is 2.65. The van der Waals surface area contributed by atoms with Gasteiger partial charge < -0.3 is 9.47 Å². The molecule has 130 valence electrons. The Bertz CT molecular complexity index is 1010. The van der Waals surface area contributed by atoms with Crippen molar-refractivity contribution < 1.29 is 18.3 Å². The highest BCUT2D eigenvalue weighted by atomic mass is 19.1. The molecule has 0 atom stereocenters. The molecule has 0 unspecified atom stereocenters. The molecule has 0 saturated heterocycles. The number of nitrogens with zero attached hydrogens (tertiary/aromatic N) is 2. The SMILES string of the molecule is Cc1ccccc1Oc1nc(Oc2cccc(C#N)c2)c(F)c(C)c1F. The topological polar surface area (TPSA) is 55.1 Å². The lowest BCUT2D eigenvalue weighted by Gasteiger charge is -2.13. The Kier molecular flexibility index (Phi) is 4.81. The maximum atomic E-state index is 14.4. The van der Waals surface area contributed by atoms with Gasteiger partial charge in [-0.15, -0.1) is 0 Å². The van der Waals surface area contributed by atoms with Crippen LogP contribution in [0.25, 0.3) is 0 Å². The third-order valence-electron chi connectivity index (χ3n) is 3.71. The Balaban J connectivity index is 2.00. The number of nitriles is 1. The first-order valence-corrected chi connectivity index (χ1v) is 7.76. The largest absolute Gasteiger partial charge is 0.436 e. The number of aromatic nitrogens is 1. The molecule has 26 heavy (non-hydrogen) atoms. The first-order chi connectivity index (χ1) is 12.5. The smallest absolute Gasteiger partial charge is 0.259 e. The molecular weight excluding hydrogens is 338 g/mol. The first-order valence-electron chi connectivity index (χ1n) is 7.76. The van der Waals surface area contributed by atoms with Crippen LogP contribution >= 0.6 is 0 Å². The third-order valence-corrected chi connectivity index (χ3v) is 3.71. The van der Waals surface area contributed by atoms with Crippen molar-refractivity contribution in [2.75, 3.05) is 0 Å². The van der Waals surface area contributed by atoms with Crippen LogP contribution < -0.4 is 9.47 Å². The van der Waals surface area contributed by atoms with Crippen molar-refractivity contribution in [1.82, 2.24) is 4.98 Å². The standard InChI is InChI=1S/C20H14F2N2O2/c1-12-6-3-4-9-16(12)26-20-18(22)13(2)17(21)19(24-20)25-15-8-5-7-14(10-15)11-23/h3-10H,1-2H3. The highest BCUT2D eigenvalue weighted by Gasteiger charge is 2.21. The van der Waals surface area contributed by atoms with Gasteiger partial charge in [0.25, 0.3) is 11.8 Å². The van der Waals surface area contributed by atoms with Crippen molar-refractivity contribution in [2.45, 2.75) is 13.8 Å². The number of rotatable bonds is 4. The summed E-state index contributed by atoms with van der Waals surface area (Å²) in [5.74, 6) is -2.02. The van der Waals surface area contributed by atoms with Gasteiger partial charge in [-0.3, -0.25) is 0 Å². The molecule has 0 aliphatic rings. The van der Waals surface area contributed by atoms with Gasteiger partial charge >= 0.3 is 0 Å². The van der Waals surface area contributed by atoms with E-state index in [0.717, 1.165) is 5.56 Å². The lowest BCUT2D eigenvalue weighted by Crippen LogP contribution is -2.02. The lowest BCUT2D eigenvalue weighted by molar-refractivity contribution is 0.372. The fourth-order valence-electron chi connectivity index (χ4n) is 2.26. The van der Waals surface area contributed by atoms with Crippen LogP contribution in [0.15, 0.2) is 48.5 Å². The van der Waals surface area contributed by atoms with Gasteiger partial charge in [0.1, 0.15) is 11.5 Å². The summed E-state index contributed by atoms with van der Waals surface area (Å²) in [5.41, 5.74) is 0.855. The molecular formula is C20H14F2N2O2. The van der Waals surface area contributed by atoms with Gasteiger partial charge in [0.2, 0.25) is 0 Å². The summed E-state index contributed by atoms with van der Waals surface area (Å²) in [5, 5.41) is 8.93. The molecule has 0 spiro atoms. The zero-order chi connectivity index (χ0) is 18.7. The molecule has 0 radical (unpaired) electrons. The Labute approximate surface area is 149 Å². The molecule has 0 fully saturated rings. The van der Waals surface area contributed by atoms with Crippen LogP contribution in [0.2, 0.25) is 0 Å². The molecule has 6 heteroatoms. The first kappa shape index (κ1) is 17.4. The molecule has 4 nitrogen and oxygen atoms in total. The summed E-state index contributed by atoms with van der Waals surface area (Å²) in [6.07, 6.45) is 0. The van der Waals surface area contributed by atoms with E-state index in [-0.39, 0.29) is 17.2 Å². The normalized spacial score (nSPS) is 10.3. The van der Waals surface area contributed by atoms with Crippen molar-refractivity contribution in [3.63, 3.8) is 0 Å². The van der Waals surface area contributed by atoms with Crippen molar-refractivity contribution in [1.29, 1.82) is 5.26 Å². The highest BCUT2D eigenvalue weighted by molar-refractivity contribution is 5.41. The van der Waals surface area contributed by atoms with Crippen LogP contribution in [-0.4, -0.2) is 4.98 Å². The summed E-state index contributed by atoms with van der Waals surface area (Å²) in [6, 6.07) is 15.1. The summed E-state index contributed by atoms with van der Waals surface area (Å²) >= 11 is 0. The van der Waals surface area contributed by atoms with Gasteiger partial charge in [0.05, 0.1) is 11.6 Å². The summed E-state index contributed by atoms with van der Waals surface area (Å²) in [6.45, 7) is 3.07. The Hall–Kier alpha value is -3.46. The number of ether oxygens (including phenoxy) is 2. The summed E-state index contributed by atoms with van der Waals surface area (Å²) < 4.78 is 39.7. The van der Waals surface area contributed by atoms with Crippen molar-refractivity contribution >= 4 is 0 Å². The molecule has 3 aromatic rings. The van der Waals surface area contributed by atoms with Crippen LogP contribution in [0.3, 0.4) is 0 Å². The van der Waals surface area contributed by atoms with E-state index in [2.05, 4.69) is 4.98 Å². The zero-order valence-electron chi connectivity index (χ0n) is 14.1. The van der Waals surface area contributed by atoms with Gasteiger partial charge in [0, 0.05) is 5.56 Å². The van der Waals surface area contributed by atoms with E-state index in [1.165, 1.54) is 13.0 Å². The van der Waals surface area contributed by atoms with Crippen LogP contribution in [0.4, 0.5) is 8.78 Å². The predicted octanol–water partition coefficient (Wildman–Crippen LogP) is 5.43. The van der Waals surface area contributed by atoms with Gasteiger partial charge in [-0.05, 0) is 43.7 Å². The second-order valence-electron chi connectivity index (χ2n) is 5.58. The number of para-hydroxylation sites is 1. The van der Waals surface area contributed by atoms with Gasteiger partial charge in [-0.1, -0.05) is 24.3 Å². The molecule has 0 bridgehead atoms. The molecule has 1 heterocycles. The molecule has 1 aromatic heterocycles. The fraction of sp³-hybridized carbons (Fsp3) is 0.100. The van der Waals surface area contributed by atoms with Gasteiger partial charge in [0.15, 0.2) is 11.6 Å². The second kappa shape index (κ2) is 7.19. The monoisotopic (exact) mass is 352 g/mol. The van der Waals surface area contributed by atoms with E-state index in [0.29, 0.717) is 11.3 Å². The lowest BCUT2D eigenvalue weighted by atomic mass is 10.2. The maximum Gasteiger partial charge on any atom is 0.259 e. The Morgan fingerprint density at radius 2 is 1.62 bits per heavy atom. The van der Waals surface area contributed by atoms with Crippen molar-refractivity contribution in [3.05, 3.63) is 76.9 Å². The molecule has 3 rings (SSSR count). The number of halogens is 2. The maximum absolute atomic E-state index is 14.4. The molecule has 0 saturated carbocycles. The van der Waals surface area contributed by atoms with Crippen LogP contribution in [0.1, 0.15) is 16.7 Å². The zero-order valence-corrected chi connectivity index (χ0v) is 14.1. The quantitative estimate of drug-likeness (QED) is 0.628. The van der Waals surface area contributed by atoms with Crippen LogP contribution in [0.5, 0.6) is 23.3 Å². The number of pyridine rings is 1. The predicted molar refractivity (Wildman–Crippen MR) is 91.4 cm³/mol. The average molecular weight is 352 g/mol. The number of hydrogen-bond acceptors (Lipinski definition) is 4. The Morgan fingerprint density at radius 3 is 2.31 bits per heavy atom. The second-order valence-corrected chi connectivity index (χ2v) is 5.58. The molecule has 2 aromatic carbocycles. The molecule has 0 aliphatic heterocycles.